The lowest BCUT2D eigenvalue weighted by Gasteiger charge is -2.31. The normalized spacial score (nSPS) is 17.2. The minimum absolute atomic E-state index is 0.171. The van der Waals surface area contributed by atoms with Crippen LogP contribution < -0.4 is 5.73 Å². The summed E-state index contributed by atoms with van der Waals surface area (Å²) in [4.78, 5) is 12.7. The summed E-state index contributed by atoms with van der Waals surface area (Å²) < 4.78 is 6.94. The zero-order valence-electron chi connectivity index (χ0n) is 13.0. The molecule has 0 bridgehead atoms. The summed E-state index contributed by atoms with van der Waals surface area (Å²) in [6.07, 6.45) is 2.62. The second-order valence-electron chi connectivity index (χ2n) is 5.84. The largest absolute Gasteiger partial charge is 0.383 e. The Morgan fingerprint density at radius 1 is 1.25 bits per heavy atom. The molecule has 3 aromatic rings. The van der Waals surface area contributed by atoms with Crippen LogP contribution in [0.1, 0.15) is 24.2 Å². The van der Waals surface area contributed by atoms with Gasteiger partial charge in [-0.1, -0.05) is 11.3 Å². The fraction of sp³-hybridized carbons (Fsp3) is 0.400. The molecule has 1 aliphatic rings. The zero-order valence-corrected chi connectivity index (χ0v) is 13.0. The van der Waals surface area contributed by atoms with Crippen LogP contribution in [0.25, 0.3) is 11.2 Å². The van der Waals surface area contributed by atoms with Crippen LogP contribution in [0.15, 0.2) is 24.4 Å². The number of nitrogens with zero attached hydrogens (tertiary/aromatic N) is 6. The third-order valence-electron chi connectivity index (χ3n) is 4.19. The van der Waals surface area contributed by atoms with Gasteiger partial charge in [0, 0.05) is 26.1 Å². The van der Waals surface area contributed by atoms with Gasteiger partial charge in [-0.25, -0.2) is 9.67 Å². The first kappa shape index (κ1) is 14.9. The molecular formula is C15H17N7O2. The van der Waals surface area contributed by atoms with E-state index in [1.54, 1.807) is 4.68 Å². The van der Waals surface area contributed by atoms with Gasteiger partial charge in [-0.05, 0) is 12.1 Å². The standard InChI is InChI=1S/C15H17N7O2/c16-14-17-8-11-13(19-14)22(21-20-11)9-10-2-1-3-12(18-10)15(23)4-6-24-7-5-15/h1-3,8,23H,4-7,9H2,(H2,16,17,19). The molecule has 1 fully saturated rings. The summed E-state index contributed by atoms with van der Waals surface area (Å²) >= 11 is 0. The van der Waals surface area contributed by atoms with Gasteiger partial charge in [0.25, 0.3) is 0 Å². The first-order valence-corrected chi connectivity index (χ1v) is 7.72. The molecule has 4 heterocycles. The number of aliphatic hydroxyl groups is 1. The van der Waals surface area contributed by atoms with E-state index in [4.69, 9.17) is 10.5 Å². The molecule has 0 aliphatic carbocycles. The van der Waals surface area contributed by atoms with E-state index in [1.165, 1.54) is 6.20 Å². The number of rotatable bonds is 3. The fourth-order valence-corrected chi connectivity index (χ4v) is 2.84. The lowest BCUT2D eigenvalue weighted by Crippen LogP contribution is -2.34. The van der Waals surface area contributed by atoms with Crippen molar-refractivity contribution in [3.05, 3.63) is 35.8 Å². The van der Waals surface area contributed by atoms with Crippen molar-refractivity contribution in [1.82, 2.24) is 29.9 Å². The molecule has 3 N–H and O–H groups in total. The van der Waals surface area contributed by atoms with Crippen molar-refractivity contribution in [2.24, 2.45) is 0 Å². The predicted molar refractivity (Wildman–Crippen MR) is 84.8 cm³/mol. The monoisotopic (exact) mass is 327 g/mol. The molecular weight excluding hydrogens is 310 g/mol. The van der Waals surface area contributed by atoms with Crippen molar-refractivity contribution < 1.29 is 9.84 Å². The highest BCUT2D eigenvalue weighted by Crippen LogP contribution is 2.30. The van der Waals surface area contributed by atoms with E-state index in [2.05, 4.69) is 25.3 Å². The van der Waals surface area contributed by atoms with E-state index in [0.717, 1.165) is 5.69 Å². The summed E-state index contributed by atoms with van der Waals surface area (Å²) in [6, 6.07) is 5.60. The van der Waals surface area contributed by atoms with E-state index in [0.29, 0.717) is 49.5 Å². The quantitative estimate of drug-likeness (QED) is 0.701. The molecule has 0 atom stereocenters. The predicted octanol–water partition coefficient (Wildman–Crippen LogP) is 0.245. The number of hydrogen-bond acceptors (Lipinski definition) is 8. The van der Waals surface area contributed by atoms with Crippen molar-refractivity contribution in [2.75, 3.05) is 18.9 Å². The number of fused-ring (bicyclic) bond motifs is 1. The van der Waals surface area contributed by atoms with Gasteiger partial charge in [-0.3, -0.25) is 4.98 Å². The van der Waals surface area contributed by atoms with Gasteiger partial charge in [0.1, 0.15) is 5.60 Å². The van der Waals surface area contributed by atoms with Gasteiger partial charge < -0.3 is 15.6 Å². The molecule has 0 spiro atoms. The van der Waals surface area contributed by atoms with Crippen LogP contribution >= 0.6 is 0 Å². The Bertz CT molecular complexity index is 873. The average Bonchev–Trinajstić information content (AvgIpc) is 2.98. The van der Waals surface area contributed by atoms with E-state index >= 15 is 0 Å². The van der Waals surface area contributed by atoms with Gasteiger partial charge in [-0.15, -0.1) is 5.10 Å². The van der Waals surface area contributed by atoms with Crippen LogP contribution in [-0.2, 0) is 16.9 Å². The molecule has 9 heteroatoms. The SMILES string of the molecule is Nc1ncc2nnn(Cc3cccc(C4(O)CCOCC4)n3)c2n1. The second-order valence-corrected chi connectivity index (χ2v) is 5.84. The number of anilines is 1. The van der Waals surface area contributed by atoms with E-state index in [1.807, 2.05) is 18.2 Å². The Morgan fingerprint density at radius 2 is 2.08 bits per heavy atom. The summed E-state index contributed by atoms with van der Waals surface area (Å²) in [5, 5.41) is 18.9. The maximum absolute atomic E-state index is 10.8. The number of nitrogen functional groups attached to an aromatic ring is 1. The third kappa shape index (κ3) is 2.68. The highest BCUT2D eigenvalue weighted by atomic mass is 16.5. The van der Waals surface area contributed by atoms with Crippen LogP contribution in [0, 0.1) is 0 Å². The molecule has 0 saturated carbocycles. The summed E-state index contributed by atoms with van der Waals surface area (Å²) in [6.45, 7) is 1.45. The number of hydrogen-bond donors (Lipinski definition) is 2. The molecule has 4 rings (SSSR count). The lowest BCUT2D eigenvalue weighted by molar-refractivity contribution is -0.0706. The summed E-state index contributed by atoms with van der Waals surface area (Å²) in [5.74, 6) is 0.171. The minimum atomic E-state index is -0.939. The van der Waals surface area contributed by atoms with Crippen LogP contribution in [0.2, 0.25) is 0 Å². The lowest BCUT2D eigenvalue weighted by atomic mass is 9.90. The van der Waals surface area contributed by atoms with Crippen molar-refractivity contribution in [1.29, 1.82) is 0 Å². The summed E-state index contributed by atoms with van der Waals surface area (Å²) in [5.41, 5.74) is 7.24. The van der Waals surface area contributed by atoms with E-state index in [-0.39, 0.29) is 5.95 Å². The Morgan fingerprint density at radius 3 is 2.92 bits per heavy atom. The Kier molecular flexibility index (Phi) is 3.58. The van der Waals surface area contributed by atoms with Crippen LogP contribution in [-0.4, -0.2) is 48.3 Å². The van der Waals surface area contributed by atoms with Crippen molar-refractivity contribution in [3.63, 3.8) is 0 Å². The van der Waals surface area contributed by atoms with Crippen LogP contribution in [0.5, 0.6) is 0 Å². The summed E-state index contributed by atoms with van der Waals surface area (Å²) in [7, 11) is 0. The highest BCUT2D eigenvalue weighted by Gasteiger charge is 2.33. The number of ether oxygens (including phenoxy) is 1. The maximum Gasteiger partial charge on any atom is 0.222 e. The molecule has 124 valence electrons. The molecule has 3 aromatic heterocycles. The fourth-order valence-electron chi connectivity index (χ4n) is 2.84. The van der Waals surface area contributed by atoms with Gasteiger partial charge in [0.15, 0.2) is 11.2 Å². The Labute approximate surface area is 137 Å². The Balaban J connectivity index is 1.65. The second kappa shape index (κ2) is 5.77. The molecule has 0 aromatic carbocycles. The van der Waals surface area contributed by atoms with E-state index in [9.17, 15) is 5.11 Å². The van der Waals surface area contributed by atoms with Crippen LogP contribution in [0.4, 0.5) is 5.95 Å². The first-order valence-electron chi connectivity index (χ1n) is 7.72. The molecule has 9 nitrogen and oxygen atoms in total. The third-order valence-corrected chi connectivity index (χ3v) is 4.19. The molecule has 0 unspecified atom stereocenters. The molecule has 1 saturated heterocycles. The zero-order chi connectivity index (χ0) is 16.6. The molecule has 1 aliphatic heterocycles. The van der Waals surface area contributed by atoms with Crippen molar-refractivity contribution in [3.8, 4) is 0 Å². The van der Waals surface area contributed by atoms with Gasteiger partial charge in [-0.2, -0.15) is 4.98 Å². The molecule has 0 radical (unpaired) electrons. The number of aromatic nitrogens is 6. The van der Waals surface area contributed by atoms with Crippen LogP contribution in [0.3, 0.4) is 0 Å². The van der Waals surface area contributed by atoms with Gasteiger partial charge in [0.05, 0.1) is 24.1 Å². The van der Waals surface area contributed by atoms with Gasteiger partial charge in [0.2, 0.25) is 5.95 Å². The average molecular weight is 327 g/mol. The maximum atomic E-state index is 10.8. The minimum Gasteiger partial charge on any atom is -0.383 e. The highest BCUT2D eigenvalue weighted by molar-refractivity contribution is 5.69. The molecule has 24 heavy (non-hydrogen) atoms. The Hall–Kier alpha value is -2.65. The topological polar surface area (TPSA) is 125 Å². The number of pyridine rings is 1. The van der Waals surface area contributed by atoms with Gasteiger partial charge >= 0.3 is 0 Å². The first-order chi connectivity index (χ1) is 11.6. The van der Waals surface area contributed by atoms with Crippen molar-refractivity contribution in [2.45, 2.75) is 25.0 Å². The van der Waals surface area contributed by atoms with E-state index < -0.39 is 5.60 Å². The smallest absolute Gasteiger partial charge is 0.222 e. The number of nitrogens with two attached hydrogens (primary N) is 1. The molecule has 0 amide bonds. The van der Waals surface area contributed by atoms with Crippen molar-refractivity contribution >= 4 is 17.1 Å².